The van der Waals surface area contributed by atoms with Gasteiger partial charge in [0.25, 0.3) is 0 Å². The number of urea groups is 2. The second-order valence-corrected chi connectivity index (χ2v) is 8.71. The quantitative estimate of drug-likeness (QED) is 0.563. The molecule has 0 unspecified atom stereocenters. The molecule has 0 atom stereocenters. The van der Waals surface area contributed by atoms with Gasteiger partial charge in [-0.3, -0.25) is 0 Å². The van der Waals surface area contributed by atoms with Crippen molar-refractivity contribution in [3.63, 3.8) is 0 Å². The predicted octanol–water partition coefficient (Wildman–Crippen LogP) is 2.86. The fourth-order valence-corrected chi connectivity index (χ4v) is 5.59. The first-order chi connectivity index (χ1) is 13.0. The SMILES string of the molecule is CCO[Si](CCCN1C(=O)NC(c2ccccc2)NC1=O)(OCC)OCC. The Morgan fingerprint density at radius 3 is 1.93 bits per heavy atom. The smallest absolute Gasteiger partial charge is 0.374 e. The molecule has 0 aliphatic carbocycles. The zero-order valence-electron chi connectivity index (χ0n) is 16.2. The van der Waals surface area contributed by atoms with Crippen molar-refractivity contribution < 1.29 is 22.9 Å². The van der Waals surface area contributed by atoms with Gasteiger partial charge in [0.2, 0.25) is 0 Å². The normalized spacial score (nSPS) is 15.6. The molecule has 1 saturated heterocycles. The van der Waals surface area contributed by atoms with Crippen LogP contribution in [0.15, 0.2) is 30.3 Å². The van der Waals surface area contributed by atoms with E-state index in [0.29, 0.717) is 32.3 Å². The number of carbonyl (C=O) groups excluding carboxylic acids is 2. The number of hydrogen-bond acceptors (Lipinski definition) is 5. The summed E-state index contributed by atoms with van der Waals surface area (Å²) in [6, 6.07) is 9.03. The molecule has 1 aliphatic rings. The largest absolute Gasteiger partial charge is 0.500 e. The van der Waals surface area contributed by atoms with Crippen molar-refractivity contribution in [3.05, 3.63) is 35.9 Å². The molecule has 1 fully saturated rings. The highest BCUT2D eigenvalue weighted by Crippen LogP contribution is 2.20. The van der Waals surface area contributed by atoms with Gasteiger partial charge in [-0.15, -0.1) is 0 Å². The topological polar surface area (TPSA) is 89.1 Å². The molecule has 150 valence electrons. The predicted molar refractivity (Wildman–Crippen MR) is 103 cm³/mol. The third-order valence-electron chi connectivity index (χ3n) is 4.12. The van der Waals surface area contributed by atoms with Gasteiger partial charge in [-0.1, -0.05) is 30.3 Å². The maximum Gasteiger partial charge on any atom is 0.500 e. The molecule has 8 nitrogen and oxygen atoms in total. The summed E-state index contributed by atoms with van der Waals surface area (Å²) in [6.45, 7) is 7.45. The molecule has 2 rings (SSSR count). The molecular formula is C18H29N3O5Si. The molecule has 0 radical (unpaired) electrons. The second kappa shape index (κ2) is 10.4. The minimum Gasteiger partial charge on any atom is -0.374 e. The van der Waals surface area contributed by atoms with Crippen LogP contribution in [-0.4, -0.2) is 52.1 Å². The summed E-state index contributed by atoms with van der Waals surface area (Å²) < 4.78 is 17.4. The monoisotopic (exact) mass is 395 g/mol. The lowest BCUT2D eigenvalue weighted by atomic mass is 10.1. The van der Waals surface area contributed by atoms with E-state index in [1.54, 1.807) is 0 Å². The maximum atomic E-state index is 12.4. The Morgan fingerprint density at radius 1 is 0.926 bits per heavy atom. The maximum absolute atomic E-state index is 12.4. The van der Waals surface area contributed by atoms with Gasteiger partial charge in [-0.05, 0) is 32.8 Å². The first-order valence-electron chi connectivity index (χ1n) is 9.40. The Kier molecular flexibility index (Phi) is 8.23. The van der Waals surface area contributed by atoms with E-state index in [0.717, 1.165) is 5.56 Å². The molecule has 1 heterocycles. The van der Waals surface area contributed by atoms with Crippen LogP contribution in [0.25, 0.3) is 0 Å². The number of nitrogens with one attached hydrogen (secondary N) is 2. The van der Waals surface area contributed by atoms with Gasteiger partial charge < -0.3 is 23.9 Å². The van der Waals surface area contributed by atoms with Crippen LogP contribution in [0.2, 0.25) is 6.04 Å². The van der Waals surface area contributed by atoms with Gasteiger partial charge in [0.1, 0.15) is 6.17 Å². The van der Waals surface area contributed by atoms with Crippen LogP contribution >= 0.6 is 0 Å². The summed E-state index contributed by atoms with van der Waals surface area (Å²) in [5.74, 6) is 0. The molecule has 1 aromatic carbocycles. The number of rotatable bonds is 11. The summed E-state index contributed by atoms with van der Waals surface area (Å²) in [4.78, 5) is 26.0. The highest BCUT2D eigenvalue weighted by atomic mass is 28.4. The first-order valence-corrected chi connectivity index (χ1v) is 11.3. The van der Waals surface area contributed by atoms with Gasteiger partial charge in [0.15, 0.2) is 0 Å². The minimum absolute atomic E-state index is 0.265. The number of carbonyl (C=O) groups is 2. The summed E-state index contributed by atoms with van der Waals surface area (Å²) in [5.41, 5.74) is 0.828. The minimum atomic E-state index is -2.78. The molecule has 27 heavy (non-hydrogen) atoms. The molecular weight excluding hydrogens is 366 g/mol. The van der Waals surface area contributed by atoms with Crippen molar-refractivity contribution in [2.75, 3.05) is 26.4 Å². The molecule has 0 saturated carbocycles. The van der Waals surface area contributed by atoms with Crippen LogP contribution in [0.5, 0.6) is 0 Å². The Balaban J connectivity index is 1.93. The van der Waals surface area contributed by atoms with Gasteiger partial charge in [-0.25, -0.2) is 14.5 Å². The van der Waals surface area contributed by atoms with E-state index in [1.165, 1.54) is 4.90 Å². The molecule has 1 aliphatic heterocycles. The van der Waals surface area contributed by atoms with Gasteiger partial charge in [0, 0.05) is 32.4 Å². The van der Waals surface area contributed by atoms with E-state index >= 15 is 0 Å². The number of imide groups is 1. The van der Waals surface area contributed by atoms with Crippen molar-refractivity contribution in [3.8, 4) is 0 Å². The second-order valence-electron chi connectivity index (χ2n) is 5.98. The third-order valence-corrected chi connectivity index (χ3v) is 7.27. The molecule has 9 heteroatoms. The highest BCUT2D eigenvalue weighted by Gasteiger charge is 2.40. The van der Waals surface area contributed by atoms with E-state index in [2.05, 4.69) is 10.6 Å². The summed E-state index contributed by atoms with van der Waals surface area (Å²) in [5, 5.41) is 5.62. The summed E-state index contributed by atoms with van der Waals surface area (Å²) >= 11 is 0. The third kappa shape index (κ3) is 5.77. The lowest BCUT2D eigenvalue weighted by Crippen LogP contribution is -2.59. The number of nitrogens with zero attached hydrogens (tertiary/aromatic N) is 1. The lowest BCUT2D eigenvalue weighted by Gasteiger charge is -2.33. The Morgan fingerprint density at radius 2 is 1.44 bits per heavy atom. The average molecular weight is 396 g/mol. The molecule has 0 bridgehead atoms. The van der Waals surface area contributed by atoms with Crippen LogP contribution in [0.3, 0.4) is 0 Å². The fraction of sp³-hybridized carbons (Fsp3) is 0.556. The van der Waals surface area contributed by atoms with Crippen molar-refractivity contribution in [1.29, 1.82) is 0 Å². The Labute approximate surface area is 161 Å². The van der Waals surface area contributed by atoms with E-state index < -0.39 is 27.0 Å². The van der Waals surface area contributed by atoms with Crippen molar-refractivity contribution >= 4 is 20.9 Å². The average Bonchev–Trinajstić information content (AvgIpc) is 2.65. The standard InChI is InChI=1S/C18H29N3O5Si/c1-4-24-27(25-5-2,26-6-3)14-10-13-21-17(22)19-16(20-18(21)23)15-11-8-7-9-12-15/h7-9,11-12,16H,4-6,10,13-14H2,1-3H3,(H,19,22)(H,20,23). The zero-order valence-corrected chi connectivity index (χ0v) is 17.2. The molecule has 4 amide bonds. The van der Waals surface area contributed by atoms with Gasteiger partial charge in [0.05, 0.1) is 0 Å². The first kappa shape index (κ1) is 21.4. The van der Waals surface area contributed by atoms with Crippen molar-refractivity contribution in [1.82, 2.24) is 15.5 Å². The molecule has 1 aromatic rings. The van der Waals surface area contributed by atoms with Crippen LogP contribution in [0.1, 0.15) is 38.9 Å². The van der Waals surface area contributed by atoms with Crippen LogP contribution in [0, 0.1) is 0 Å². The number of benzene rings is 1. The van der Waals surface area contributed by atoms with Crippen LogP contribution in [-0.2, 0) is 13.3 Å². The van der Waals surface area contributed by atoms with Crippen molar-refractivity contribution in [2.45, 2.75) is 39.4 Å². The van der Waals surface area contributed by atoms with E-state index in [1.807, 2.05) is 51.1 Å². The van der Waals surface area contributed by atoms with Gasteiger partial charge >= 0.3 is 20.9 Å². The fourth-order valence-electron chi connectivity index (χ4n) is 3.00. The van der Waals surface area contributed by atoms with Gasteiger partial charge in [-0.2, -0.15) is 0 Å². The molecule has 0 spiro atoms. The summed E-state index contributed by atoms with van der Waals surface area (Å²) in [6.07, 6.45) is 0.0227. The number of amides is 4. The Hall–Kier alpha value is -1.94. The molecule has 2 N–H and O–H groups in total. The number of hydrogen-bond donors (Lipinski definition) is 2. The summed E-state index contributed by atoms with van der Waals surface area (Å²) in [7, 11) is -2.78. The van der Waals surface area contributed by atoms with Crippen LogP contribution < -0.4 is 10.6 Å². The van der Waals surface area contributed by atoms with E-state index in [4.69, 9.17) is 13.3 Å². The zero-order chi connectivity index (χ0) is 19.7. The van der Waals surface area contributed by atoms with E-state index in [-0.39, 0.29) is 6.54 Å². The highest BCUT2D eigenvalue weighted by molar-refractivity contribution is 6.60. The van der Waals surface area contributed by atoms with Crippen LogP contribution in [0.4, 0.5) is 9.59 Å². The Bertz CT molecular complexity index is 581. The van der Waals surface area contributed by atoms with E-state index in [9.17, 15) is 9.59 Å². The van der Waals surface area contributed by atoms with Crippen molar-refractivity contribution in [2.24, 2.45) is 0 Å². The lowest BCUT2D eigenvalue weighted by molar-refractivity contribution is 0.0700. The molecule has 0 aromatic heterocycles.